The average molecular weight is 436 g/mol. The molecule has 1 fully saturated rings. The lowest BCUT2D eigenvalue weighted by molar-refractivity contribution is 0.0231. The Kier molecular flexibility index (Phi) is 4.74. The molecule has 32 heavy (non-hydrogen) atoms. The maximum absolute atomic E-state index is 14.9. The van der Waals surface area contributed by atoms with Gasteiger partial charge in [-0.3, -0.25) is 9.69 Å². The van der Waals surface area contributed by atoms with E-state index in [1.807, 2.05) is 26.1 Å². The van der Waals surface area contributed by atoms with Crippen LogP contribution in [0, 0.1) is 19.7 Å². The summed E-state index contributed by atoms with van der Waals surface area (Å²) < 4.78 is 18.2. The fraction of sp³-hybridized carbons (Fsp3) is 0.391. The number of fused-ring (bicyclic) bond motifs is 2. The predicted molar refractivity (Wildman–Crippen MR) is 119 cm³/mol. The predicted octanol–water partition coefficient (Wildman–Crippen LogP) is 2.96. The summed E-state index contributed by atoms with van der Waals surface area (Å²) in [5.74, 6) is -0.701. The van der Waals surface area contributed by atoms with Crippen LogP contribution in [0.1, 0.15) is 35.6 Å². The zero-order chi connectivity index (χ0) is 22.7. The number of hydrogen-bond donors (Lipinski definition) is 0. The summed E-state index contributed by atoms with van der Waals surface area (Å²) in [4.78, 5) is 25.7. The Balaban J connectivity index is 1.47. The minimum absolute atomic E-state index is 0.124. The quantitative estimate of drug-likeness (QED) is 0.493. The number of imidazole rings is 2. The van der Waals surface area contributed by atoms with Crippen LogP contribution in [0.3, 0.4) is 0 Å². The van der Waals surface area contributed by atoms with E-state index in [1.54, 1.807) is 33.3 Å². The van der Waals surface area contributed by atoms with E-state index < -0.39 is 5.82 Å². The maximum atomic E-state index is 14.9. The van der Waals surface area contributed by atoms with E-state index in [4.69, 9.17) is 0 Å². The molecule has 4 aromatic heterocycles. The molecule has 0 N–H and O–H groups in total. The van der Waals surface area contributed by atoms with Gasteiger partial charge in [-0.15, -0.1) is 0 Å². The molecule has 0 spiro atoms. The van der Waals surface area contributed by atoms with Crippen LogP contribution in [0.4, 0.5) is 4.39 Å². The van der Waals surface area contributed by atoms with Crippen molar-refractivity contribution >= 4 is 17.2 Å². The third kappa shape index (κ3) is 3.33. The Hall–Kier alpha value is -3.33. The second kappa shape index (κ2) is 7.37. The van der Waals surface area contributed by atoms with Crippen LogP contribution in [0.5, 0.6) is 0 Å². The van der Waals surface area contributed by atoms with E-state index >= 15 is 0 Å². The molecule has 1 saturated heterocycles. The van der Waals surface area contributed by atoms with Gasteiger partial charge in [0.05, 0.1) is 23.6 Å². The second-order valence-electron chi connectivity index (χ2n) is 8.91. The minimum atomic E-state index is -0.500. The summed E-state index contributed by atoms with van der Waals surface area (Å²) in [6, 6.07) is 3.90. The van der Waals surface area contributed by atoms with Crippen LogP contribution in [0.15, 0.2) is 30.7 Å². The highest BCUT2D eigenvalue weighted by Gasteiger charge is 2.34. The van der Waals surface area contributed by atoms with Gasteiger partial charge in [0.2, 0.25) is 0 Å². The van der Waals surface area contributed by atoms with E-state index in [0.29, 0.717) is 17.3 Å². The first-order valence-electron chi connectivity index (χ1n) is 10.7. The van der Waals surface area contributed by atoms with Gasteiger partial charge >= 0.3 is 0 Å². The first-order chi connectivity index (χ1) is 15.2. The van der Waals surface area contributed by atoms with E-state index in [1.165, 1.54) is 6.07 Å². The summed E-state index contributed by atoms with van der Waals surface area (Å²) in [5, 5.41) is 4.58. The summed E-state index contributed by atoms with van der Waals surface area (Å²) in [6.07, 6.45) is 5.18. The van der Waals surface area contributed by atoms with Crippen molar-refractivity contribution in [2.24, 2.45) is 0 Å². The molecule has 0 aromatic carbocycles. The highest BCUT2D eigenvalue weighted by molar-refractivity contribution is 5.93. The maximum Gasteiger partial charge on any atom is 0.274 e. The summed E-state index contributed by atoms with van der Waals surface area (Å²) in [5.41, 5.74) is 4.17. The summed E-state index contributed by atoms with van der Waals surface area (Å²) >= 11 is 0. The molecule has 0 atom stereocenters. The van der Waals surface area contributed by atoms with Crippen molar-refractivity contribution in [1.29, 1.82) is 0 Å². The first kappa shape index (κ1) is 20.6. The van der Waals surface area contributed by atoms with Crippen molar-refractivity contribution < 1.29 is 9.18 Å². The van der Waals surface area contributed by atoms with Gasteiger partial charge in [0.1, 0.15) is 5.69 Å². The number of amides is 1. The lowest BCUT2D eigenvalue weighted by Gasteiger charge is -2.46. The van der Waals surface area contributed by atoms with Crippen LogP contribution < -0.4 is 0 Å². The van der Waals surface area contributed by atoms with Gasteiger partial charge < -0.3 is 9.30 Å². The Labute approximate surface area is 185 Å². The molecule has 0 aliphatic carbocycles. The molecule has 0 unspecified atom stereocenters. The highest BCUT2D eigenvalue weighted by atomic mass is 19.1. The molecule has 1 amide bonds. The molecule has 0 bridgehead atoms. The topological polar surface area (TPSA) is 71.0 Å². The van der Waals surface area contributed by atoms with Gasteiger partial charge in [0.25, 0.3) is 5.91 Å². The zero-order valence-electron chi connectivity index (χ0n) is 18.9. The Morgan fingerprint density at radius 3 is 2.59 bits per heavy atom. The Bertz CT molecular complexity index is 1350. The van der Waals surface area contributed by atoms with E-state index in [2.05, 4.69) is 33.8 Å². The lowest BCUT2D eigenvalue weighted by atomic mass is 10.1. The number of likely N-dealkylation sites (N-methyl/N-ethyl adjacent to an activating group) is 1. The third-order valence-corrected chi connectivity index (χ3v) is 6.24. The fourth-order valence-corrected chi connectivity index (χ4v) is 4.19. The number of likely N-dealkylation sites (tertiary alicyclic amines) is 1. The number of aryl methyl sites for hydroxylation is 2. The lowest BCUT2D eigenvalue weighted by Crippen LogP contribution is -2.61. The fourth-order valence-electron chi connectivity index (χ4n) is 4.19. The smallest absolute Gasteiger partial charge is 0.274 e. The number of carbonyl (C=O) groups excluding carboxylic acids is 1. The molecule has 8 nitrogen and oxygen atoms in total. The normalized spacial score (nSPS) is 15.1. The molecule has 4 aromatic rings. The van der Waals surface area contributed by atoms with Crippen molar-refractivity contribution in [3.8, 4) is 11.3 Å². The van der Waals surface area contributed by atoms with Gasteiger partial charge in [-0.05, 0) is 45.4 Å². The number of hydrogen-bond acceptors (Lipinski definition) is 5. The van der Waals surface area contributed by atoms with Crippen LogP contribution in [0.2, 0.25) is 0 Å². The molecule has 5 rings (SSSR count). The average Bonchev–Trinajstić information content (AvgIpc) is 3.29. The number of carbonyl (C=O) groups is 1. The van der Waals surface area contributed by atoms with Gasteiger partial charge in [0.15, 0.2) is 17.1 Å². The van der Waals surface area contributed by atoms with Crippen LogP contribution in [-0.4, -0.2) is 71.9 Å². The number of nitrogens with zero attached hydrogens (tertiary/aromatic N) is 7. The zero-order valence-corrected chi connectivity index (χ0v) is 18.9. The Morgan fingerprint density at radius 1 is 1.12 bits per heavy atom. The number of aromatic nitrogens is 5. The molecule has 5 heterocycles. The SMILES string of the molecule is Cc1cn2nc(-c3cc(F)c4nc(C(=O)N(C)C5CN(C(C)C)C5)cn4c3)cc(C)c2n1. The van der Waals surface area contributed by atoms with Crippen LogP contribution >= 0.6 is 0 Å². The van der Waals surface area contributed by atoms with Crippen molar-refractivity contribution in [3.63, 3.8) is 0 Å². The van der Waals surface area contributed by atoms with Crippen molar-refractivity contribution in [2.45, 2.75) is 39.8 Å². The molecular weight excluding hydrogens is 409 g/mol. The third-order valence-electron chi connectivity index (χ3n) is 6.24. The van der Waals surface area contributed by atoms with Crippen LogP contribution in [0.25, 0.3) is 22.6 Å². The number of rotatable bonds is 4. The van der Waals surface area contributed by atoms with Gasteiger partial charge in [0, 0.05) is 44.1 Å². The second-order valence-corrected chi connectivity index (χ2v) is 8.91. The molecule has 1 aliphatic rings. The van der Waals surface area contributed by atoms with Gasteiger partial charge in [-0.2, -0.15) is 5.10 Å². The number of pyridine rings is 1. The van der Waals surface area contributed by atoms with Crippen molar-refractivity contribution in [2.75, 3.05) is 20.1 Å². The molecule has 166 valence electrons. The van der Waals surface area contributed by atoms with E-state index in [0.717, 1.165) is 30.0 Å². The highest BCUT2D eigenvalue weighted by Crippen LogP contribution is 2.24. The number of halogens is 1. The standard InChI is InChI=1S/C23H26FN7O/c1-13(2)29-10-17(11-29)28(5)23(32)20-12-30-9-16(7-18(24)22(30)26-20)19-6-14(3)21-25-15(4)8-31(21)27-19/h6-9,12-13,17H,10-11H2,1-5H3. The molecule has 0 radical (unpaired) electrons. The van der Waals surface area contributed by atoms with E-state index in [9.17, 15) is 9.18 Å². The van der Waals surface area contributed by atoms with Gasteiger partial charge in [-0.1, -0.05) is 0 Å². The molecular formula is C23H26FN7O. The van der Waals surface area contributed by atoms with Gasteiger partial charge in [-0.25, -0.2) is 18.9 Å². The molecule has 1 aliphatic heterocycles. The van der Waals surface area contributed by atoms with Crippen molar-refractivity contribution in [3.05, 3.63) is 53.5 Å². The van der Waals surface area contributed by atoms with Crippen LogP contribution in [-0.2, 0) is 0 Å². The first-order valence-corrected chi connectivity index (χ1v) is 10.7. The largest absolute Gasteiger partial charge is 0.335 e. The van der Waals surface area contributed by atoms with E-state index in [-0.39, 0.29) is 23.3 Å². The molecule has 9 heteroatoms. The minimum Gasteiger partial charge on any atom is -0.335 e. The summed E-state index contributed by atoms with van der Waals surface area (Å²) in [7, 11) is 1.78. The summed E-state index contributed by atoms with van der Waals surface area (Å²) in [6.45, 7) is 9.82. The monoisotopic (exact) mass is 435 g/mol. The Morgan fingerprint density at radius 2 is 1.88 bits per heavy atom. The van der Waals surface area contributed by atoms with Crippen molar-refractivity contribution in [1.82, 2.24) is 33.8 Å². The molecule has 0 saturated carbocycles.